The van der Waals surface area contributed by atoms with Gasteiger partial charge in [0.1, 0.15) is 5.82 Å². The number of nitrogens with one attached hydrogen (secondary N) is 1. The Morgan fingerprint density at radius 2 is 2.10 bits per heavy atom. The van der Waals surface area contributed by atoms with Gasteiger partial charge in [0.25, 0.3) is 5.92 Å². The van der Waals surface area contributed by atoms with E-state index in [0.29, 0.717) is 28.1 Å². The monoisotopic (exact) mass is 431 g/mol. The van der Waals surface area contributed by atoms with Gasteiger partial charge in [-0.1, -0.05) is 6.07 Å². The van der Waals surface area contributed by atoms with Gasteiger partial charge in [0.2, 0.25) is 0 Å². The fraction of sp³-hybridized carbons (Fsp3) is 0.300. The van der Waals surface area contributed by atoms with Gasteiger partial charge >= 0.3 is 11.8 Å². The number of amides is 2. The average molecular weight is 431 g/mol. The molecule has 2 aromatic heterocycles. The van der Waals surface area contributed by atoms with Crippen molar-refractivity contribution < 1.29 is 18.4 Å². The minimum atomic E-state index is -2.92. The number of anilines is 2. The van der Waals surface area contributed by atoms with Crippen LogP contribution in [0.5, 0.6) is 0 Å². The maximum atomic E-state index is 14.2. The summed E-state index contributed by atoms with van der Waals surface area (Å²) < 4.78 is 29.3. The molecule has 1 fully saturated rings. The molecule has 1 aliphatic rings. The smallest absolute Gasteiger partial charge is 0.313 e. The molecule has 156 valence electrons. The molecule has 2 amide bonds. The number of carbonyl (C=O) groups excluding carboxylic acids is 2. The van der Waals surface area contributed by atoms with Crippen LogP contribution in [-0.4, -0.2) is 39.1 Å². The zero-order chi connectivity index (χ0) is 21.5. The van der Waals surface area contributed by atoms with E-state index >= 15 is 0 Å². The maximum Gasteiger partial charge on any atom is 0.313 e. The molecular weight excluding hydrogens is 412 g/mol. The Labute approximate surface area is 174 Å². The Morgan fingerprint density at radius 1 is 1.30 bits per heavy atom. The minimum Gasteiger partial charge on any atom is -0.383 e. The lowest BCUT2D eigenvalue weighted by molar-refractivity contribution is -0.151. The maximum absolute atomic E-state index is 14.2. The number of likely N-dealkylation sites (tertiary alicyclic amines) is 1. The van der Waals surface area contributed by atoms with Crippen LogP contribution in [0.1, 0.15) is 30.0 Å². The highest BCUT2D eigenvalue weighted by molar-refractivity contribution is 7.16. The Morgan fingerprint density at radius 3 is 2.87 bits per heavy atom. The summed E-state index contributed by atoms with van der Waals surface area (Å²) in [4.78, 5) is 34.8. The summed E-state index contributed by atoms with van der Waals surface area (Å²) in [6.07, 6.45) is 0.291. The minimum absolute atomic E-state index is 0.224. The molecule has 1 aromatic carbocycles. The van der Waals surface area contributed by atoms with Crippen molar-refractivity contribution in [3.05, 3.63) is 47.1 Å². The number of nitrogen functional groups attached to an aromatic ring is 1. The van der Waals surface area contributed by atoms with E-state index in [-0.39, 0.29) is 6.54 Å². The Hall–Kier alpha value is -3.14. The van der Waals surface area contributed by atoms with Gasteiger partial charge in [-0.3, -0.25) is 9.59 Å². The highest BCUT2D eigenvalue weighted by Gasteiger charge is 2.44. The second-order valence-electron chi connectivity index (χ2n) is 7.28. The normalized spacial score (nSPS) is 18.4. The summed E-state index contributed by atoms with van der Waals surface area (Å²) in [5, 5.41) is 2.48. The lowest BCUT2D eigenvalue weighted by Gasteiger charge is -2.39. The van der Waals surface area contributed by atoms with Crippen LogP contribution >= 0.6 is 11.3 Å². The number of aromatic nitrogens is 2. The molecule has 0 unspecified atom stereocenters. The molecule has 0 spiro atoms. The third-order valence-electron chi connectivity index (χ3n) is 5.16. The first-order valence-corrected chi connectivity index (χ1v) is 10.2. The standard InChI is InChI=1S/C20H19F2N5O2S/c1-11-6-13(9-24-17(11)23)26-18(28)19(29)27-5-4-20(21,22)8-15(27)12-2-3-16-14(7-12)25-10-30-16/h2-3,6-7,9-10,15H,4-5,8H2,1H3,(H2,23,24)(H,26,28)/t15-/m0/s1. The zero-order valence-electron chi connectivity index (χ0n) is 16.1. The molecule has 7 nitrogen and oxygen atoms in total. The predicted octanol–water partition coefficient (Wildman–Crippen LogP) is 3.52. The summed E-state index contributed by atoms with van der Waals surface area (Å²) in [6.45, 7) is 1.50. The summed E-state index contributed by atoms with van der Waals surface area (Å²) in [6, 6.07) is 5.86. The second-order valence-corrected chi connectivity index (χ2v) is 8.17. The van der Waals surface area contributed by atoms with Gasteiger partial charge in [-0.05, 0) is 36.2 Å². The second kappa shape index (κ2) is 7.60. The molecule has 0 aliphatic carbocycles. The number of thiazole rings is 1. The van der Waals surface area contributed by atoms with Crippen molar-refractivity contribution in [2.45, 2.75) is 31.7 Å². The van der Waals surface area contributed by atoms with Crippen LogP contribution in [0.3, 0.4) is 0 Å². The third kappa shape index (κ3) is 3.95. The Balaban J connectivity index is 1.59. The number of piperidine rings is 1. The molecule has 3 aromatic rings. The van der Waals surface area contributed by atoms with Crippen molar-refractivity contribution in [1.82, 2.24) is 14.9 Å². The van der Waals surface area contributed by atoms with Crippen molar-refractivity contribution in [3.63, 3.8) is 0 Å². The molecule has 1 atom stereocenters. The number of benzene rings is 1. The summed E-state index contributed by atoms with van der Waals surface area (Å²) >= 11 is 1.44. The number of pyridine rings is 1. The highest BCUT2D eigenvalue weighted by Crippen LogP contribution is 2.40. The van der Waals surface area contributed by atoms with Gasteiger partial charge in [-0.15, -0.1) is 11.3 Å². The number of hydrogen-bond acceptors (Lipinski definition) is 6. The Kier molecular flexibility index (Phi) is 5.10. The van der Waals surface area contributed by atoms with E-state index in [1.165, 1.54) is 22.4 Å². The molecule has 3 heterocycles. The molecule has 1 aliphatic heterocycles. The topological polar surface area (TPSA) is 101 Å². The molecular formula is C20H19F2N5O2S. The SMILES string of the molecule is Cc1cc(NC(=O)C(=O)N2CCC(F)(F)C[C@H]2c2ccc3scnc3c2)cnc1N. The fourth-order valence-electron chi connectivity index (χ4n) is 3.53. The number of halogens is 2. The number of carbonyl (C=O) groups is 2. The lowest BCUT2D eigenvalue weighted by Crippen LogP contribution is -2.48. The number of hydrogen-bond donors (Lipinski definition) is 2. The van der Waals surface area contributed by atoms with Crippen LogP contribution in [0.4, 0.5) is 20.3 Å². The average Bonchev–Trinajstić information content (AvgIpc) is 3.17. The summed E-state index contributed by atoms with van der Waals surface area (Å²) in [7, 11) is 0. The first kappa shape index (κ1) is 20.1. The van der Waals surface area contributed by atoms with Gasteiger partial charge < -0.3 is 16.0 Å². The molecule has 10 heteroatoms. The van der Waals surface area contributed by atoms with Gasteiger partial charge in [0, 0.05) is 19.4 Å². The summed E-state index contributed by atoms with van der Waals surface area (Å²) in [5.74, 6) is -4.39. The van der Waals surface area contributed by atoms with Crippen molar-refractivity contribution in [3.8, 4) is 0 Å². The van der Waals surface area contributed by atoms with E-state index in [9.17, 15) is 18.4 Å². The van der Waals surface area contributed by atoms with E-state index in [4.69, 9.17) is 5.73 Å². The number of nitrogens with zero attached hydrogens (tertiary/aromatic N) is 3. The number of rotatable bonds is 2. The van der Waals surface area contributed by atoms with E-state index in [0.717, 1.165) is 4.70 Å². The van der Waals surface area contributed by atoms with Crippen molar-refractivity contribution in [1.29, 1.82) is 0 Å². The highest BCUT2D eigenvalue weighted by atomic mass is 32.1. The molecule has 0 saturated carbocycles. The number of aryl methyl sites for hydroxylation is 1. The quantitative estimate of drug-likeness (QED) is 0.605. The first-order valence-electron chi connectivity index (χ1n) is 9.28. The molecule has 1 saturated heterocycles. The third-order valence-corrected chi connectivity index (χ3v) is 5.97. The van der Waals surface area contributed by atoms with Gasteiger partial charge in [-0.25, -0.2) is 18.7 Å². The van der Waals surface area contributed by atoms with E-state index in [1.807, 2.05) is 0 Å². The van der Waals surface area contributed by atoms with Crippen LogP contribution in [0.25, 0.3) is 10.2 Å². The zero-order valence-corrected chi connectivity index (χ0v) is 16.9. The van der Waals surface area contributed by atoms with Crippen LogP contribution in [0.2, 0.25) is 0 Å². The van der Waals surface area contributed by atoms with Crippen LogP contribution in [-0.2, 0) is 9.59 Å². The van der Waals surface area contributed by atoms with Crippen LogP contribution in [0, 0.1) is 6.92 Å². The molecule has 0 bridgehead atoms. The number of alkyl halides is 2. The van der Waals surface area contributed by atoms with Gasteiger partial charge in [0.05, 0.1) is 33.7 Å². The van der Waals surface area contributed by atoms with Crippen LogP contribution in [0.15, 0.2) is 36.0 Å². The van der Waals surface area contributed by atoms with E-state index in [1.54, 1.807) is 36.7 Å². The van der Waals surface area contributed by atoms with Gasteiger partial charge in [0.15, 0.2) is 0 Å². The molecule has 3 N–H and O–H groups in total. The van der Waals surface area contributed by atoms with E-state index in [2.05, 4.69) is 15.3 Å². The van der Waals surface area contributed by atoms with Gasteiger partial charge in [-0.2, -0.15) is 0 Å². The van der Waals surface area contributed by atoms with Crippen molar-refractivity contribution in [2.24, 2.45) is 0 Å². The number of fused-ring (bicyclic) bond motifs is 1. The van der Waals surface area contributed by atoms with Crippen molar-refractivity contribution in [2.75, 3.05) is 17.6 Å². The predicted molar refractivity (Wildman–Crippen MR) is 110 cm³/mol. The molecule has 0 radical (unpaired) electrons. The summed E-state index contributed by atoms with van der Waals surface area (Å²) in [5.41, 5.74) is 9.48. The molecule has 4 rings (SSSR count). The Bertz CT molecular complexity index is 1130. The van der Waals surface area contributed by atoms with Crippen molar-refractivity contribution >= 4 is 44.9 Å². The number of nitrogens with two attached hydrogens (primary N) is 1. The largest absolute Gasteiger partial charge is 0.383 e. The first-order chi connectivity index (χ1) is 14.2. The van der Waals surface area contributed by atoms with Crippen LogP contribution < -0.4 is 11.1 Å². The molecule has 30 heavy (non-hydrogen) atoms. The lowest BCUT2D eigenvalue weighted by atomic mass is 9.92. The van der Waals surface area contributed by atoms with E-state index < -0.39 is 36.6 Å². The fourth-order valence-corrected chi connectivity index (χ4v) is 4.19.